The van der Waals surface area contributed by atoms with E-state index >= 15 is 0 Å². The predicted molar refractivity (Wildman–Crippen MR) is 84.9 cm³/mol. The molecule has 122 valence electrons. The van der Waals surface area contributed by atoms with E-state index < -0.39 is 0 Å². The van der Waals surface area contributed by atoms with Crippen molar-refractivity contribution in [1.29, 1.82) is 0 Å². The maximum Gasteiger partial charge on any atom is 0.237 e. The molecule has 0 aromatic carbocycles. The Morgan fingerprint density at radius 1 is 1.33 bits per heavy atom. The van der Waals surface area contributed by atoms with Crippen LogP contribution >= 0.6 is 0 Å². The van der Waals surface area contributed by atoms with Gasteiger partial charge in [0.1, 0.15) is 0 Å². The van der Waals surface area contributed by atoms with Crippen LogP contribution in [0.1, 0.15) is 54.4 Å². The number of rotatable bonds is 4. The SMILES string of the molecule is CC[C@@H]1CN(C(C)=O)CC[C@@H]1N[C@H](C)C(=O)NC(C)(C)C. The van der Waals surface area contributed by atoms with Crippen LogP contribution in [0.3, 0.4) is 0 Å². The highest BCUT2D eigenvalue weighted by atomic mass is 16.2. The van der Waals surface area contributed by atoms with Crippen LogP contribution in [0.25, 0.3) is 0 Å². The van der Waals surface area contributed by atoms with Gasteiger partial charge in [0.25, 0.3) is 0 Å². The van der Waals surface area contributed by atoms with E-state index in [1.165, 1.54) is 0 Å². The second-order valence-corrected chi connectivity index (χ2v) is 7.16. The molecule has 1 rings (SSSR count). The highest BCUT2D eigenvalue weighted by Gasteiger charge is 2.31. The highest BCUT2D eigenvalue weighted by Crippen LogP contribution is 2.21. The summed E-state index contributed by atoms with van der Waals surface area (Å²) in [5.74, 6) is 0.587. The standard InChI is InChI=1S/C16H31N3O2/c1-7-13-10-19(12(3)20)9-8-14(13)17-11(2)15(21)18-16(4,5)6/h11,13-14,17H,7-10H2,1-6H3,(H,18,21)/t11-,13-,14+/m1/s1. The Morgan fingerprint density at radius 2 is 1.95 bits per heavy atom. The van der Waals surface area contributed by atoms with Crippen molar-refractivity contribution in [2.45, 2.75) is 72.0 Å². The van der Waals surface area contributed by atoms with Crippen molar-refractivity contribution in [2.24, 2.45) is 5.92 Å². The molecule has 0 aliphatic carbocycles. The van der Waals surface area contributed by atoms with E-state index in [4.69, 9.17) is 0 Å². The minimum Gasteiger partial charge on any atom is -0.350 e. The third kappa shape index (κ3) is 5.65. The Morgan fingerprint density at radius 3 is 2.43 bits per heavy atom. The van der Waals surface area contributed by atoms with Gasteiger partial charge in [0.05, 0.1) is 6.04 Å². The van der Waals surface area contributed by atoms with Gasteiger partial charge in [-0.3, -0.25) is 9.59 Å². The second kappa shape index (κ2) is 7.25. The Bertz CT molecular complexity index is 376. The lowest BCUT2D eigenvalue weighted by atomic mass is 9.89. The fourth-order valence-electron chi connectivity index (χ4n) is 2.83. The molecule has 0 radical (unpaired) electrons. The molecule has 0 bridgehead atoms. The average molecular weight is 297 g/mol. The molecule has 5 heteroatoms. The Balaban J connectivity index is 2.57. The summed E-state index contributed by atoms with van der Waals surface area (Å²) in [6, 6.07) is 0.0819. The lowest BCUT2D eigenvalue weighted by Gasteiger charge is -2.39. The number of hydrogen-bond donors (Lipinski definition) is 2. The van der Waals surface area contributed by atoms with Crippen LogP contribution in [0.4, 0.5) is 0 Å². The van der Waals surface area contributed by atoms with E-state index in [0.29, 0.717) is 12.0 Å². The van der Waals surface area contributed by atoms with Gasteiger partial charge >= 0.3 is 0 Å². The quantitative estimate of drug-likeness (QED) is 0.827. The van der Waals surface area contributed by atoms with Crippen LogP contribution in [0.5, 0.6) is 0 Å². The first-order chi connectivity index (χ1) is 9.64. The molecule has 21 heavy (non-hydrogen) atoms. The maximum absolute atomic E-state index is 12.2. The third-order valence-electron chi connectivity index (χ3n) is 4.06. The summed E-state index contributed by atoms with van der Waals surface area (Å²) < 4.78 is 0. The smallest absolute Gasteiger partial charge is 0.237 e. The Hall–Kier alpha value is -1.10. The molecule has 1 aliphatic heterocycles. The van der Waals surface area contributed by atoms with E-state index in [1.807, 2.05) is 32.6 Å². The molecule has 0 aromatic heterocycles. The zero-order valence-corrected chi connectivity index (χ0v) is 14.3. The molecule has 1 heterocycles. The topological polar surface area (TPSA) is 61.4 Å². The minimum absolute atomic E-state index is 0.0337. The number of nitrogens with one attached hydrogen (secondary N) is 2. The molecule has 1 fully saturated rings. The summed E-state index contributed by atoms with van der Waals surface area (Å²) in [6.45, 7) is 13.2. The van der Waals surface area contributed by atoms with E-state index in [2.05, 4.69) is 17.6 Å². The maximum atomic E-state index is 12.2. The van der Waals surface area contributed by atoms with Crippen LogP contribution < -0.4 is 10.6 Å². The van der Waals surface area contributed by atoms with Crippen molar-refractivity contribution < 1.29 is 9.59 Å². The predicted octanol–water partition coefficient (Wildman–Crippen LogP) is 1.53. The summed E-state index contributed by atoms with van der Waals surface area (Å²) in [7, 11) is 0. The van der Waals surface area contributed by atoms with Crippen LogP contribution in [0.15, 0.2) is 0 Å². The van der Waals surface area contributed by atoms with Gasteiger partial charge in [-0.2, -0.15) is 0 Å². The molecule has 2 amide bonds. The molecule has 0 spiro atoms. The van der Waals surface area contributed by atoms with Crippen molar-refractivity contribution in [3.05, 3.63) is 0 Å². The van der Waals surface area contributed by atoms with Crippen molar-refractivity contribution in [3.8, 4) is 0 Å². The number of carbonyl (C=O) groups excluding carboxylic acids is 2. The molecule has 2 N–H and O–H groups in total. The number of carbonyl (C=O) groups is 2. The average Bonchev–Trinajstić information content (AvgIpc) is 2.36. The third-order valence-corrected chi connectivity index (χ3v) is 4.06. The highest BCUT2D eigenvalue weighted by molar-refractivity contribution is 5.82. The summed E-state index contributed by atoms with van der Waals surface area (Å²) in [6.07, 6.45) is 1.92. The number of nitrogens with zero attached hydrogens (tertiary/aromatic N) is 1. The lowest BCUT2D eigenvalue weighted by molar-refractivity contribution is -0.131. The van der Waals surface area contributed by atoms with Gasteiger partial charge in [-0.25, -0.2) is 0 Å². The second-order valence-electron chi connectivity index (χ2n) is 7.16. The van der Waals surface area contributed by atoms with E-state index in [-0.39, 0.29) is 23.4 Å². The number of likely N-dealkylation sites (tertiary alicyclic amines) is 1. The zero-order valence-electron chi connectivity index (χ0n) is 14.3. The molecule has 1 saturated heterocycles. The van der Waals surface area contributed by atoms with Gasteiger partial charge in [0, 0.05) is 31.6 Å². The van der Waals surface area contributed by atoms with E-state index in [1.54, 1.807) is 6.92 Å². The monoisotopic (exact) mass is 297 g/mol. The van der Waals surface area contributed by atoms with Crippen LogP contribution in [-0.2, 0) is 9.59 Å². The first kappa shape index (κ1) is 18.0. The van der Waals surface area contributed by atoms with Crippen LogP contribution in [0, 0.1) is 5.92 Å². The minimum atomic E-state index is -0.216. The first-order valence-electron chi connectivity index (χ1n) is 7.97. The molecule has 5 nitrogen and oxygen atoms in total. The Kier molecular flexibility index (Phi) is 6.20. The summed E-state index contributed by atoms with van der Waals surface area (Å²) in [4.78, 5) is 25.6. The summed E-state index contributed by atoms with van der Waals surface area (Å²) >= 11 is 0. The summed E-state index contributed by atoms with van der Waals surface area (Å²) in [5, 5.41) is 6.45. The van der Waals surface area contributed by atoms with Gasteiger partial charge in [-0.15, -0.1) is 0 Å². The van der Waals surface area contributed by atoms with Crippen LogP contribution in [0.2, 0.25) is 0 Å². The van der Waals surface area contributed by atoms with Crippen molar-refractivity contribution in [1.82, 2.24) is 15.5 Å². The molecule has 1 aliphatic rings. The van der Waals surface area contributed by atoms with Gasteiger partial charge in [0.15, 0.2) is 0 Å². The fraction of sp³-hybridized carbons (Fsp3) is 0.875. The van der Waals surface area contributed by atoms with Gasteiger partial charge in [0.2, 0.25) is 11.8 Å². The molecular formula is C16H31N3O2. The zero-order chi connectivity index (χ0) is 16.2. The molecule has 0 unspecified atom stereocenters. The fourth-order valence-corrected chi connectivity index (χ4v) is 2.83. The van der Waals surface area contributed by atoms with Crippen molar-refractivity contribution in [3.63, 3.8) is 0 Å². The van der Waals surface area contributed by atoms with Crippen molar-refractivity contribution >= 4 is 11.8 Å². The van der Waals surface area contributed by atoms with Crippen LogP contribution in [-0.4, -0.2) is 47.4 Å². The van der Waals surface area contributed by atoms with Gasteiger partial charge < -0.3 is 15.5 Å². The first-order valence-corrected chi connectivity index (χ1v) is 7.97. The number of hydrogen-bond acceptors (Lipinski definition) is 3. The van der Waals surface area contributed by atoms with E-state index in [0.717, 1.165) is 25.9 Å². The van der Waals surface area contributed by atoms with Gasteiger partial charge in [-0.05, 0) is 40.0 Å². The number of amides is 2. The number of piperidine rings is 1. The summed E-state index contributed by atoms with van der Waals surface area (Å²) in [5.41, 5.74) is -0.213. The molecule has 0 saturated carbocycles. The largest absolute Gasteiger partial charge is 0.350 e. The molecule has 0 aromatic rings. The Labute approximate surface area is 128 Å². The molecule has 3 atom stereocenters. The van der Waals surface area contributed by atoms with E-state index in [9.17, 15) is 9.59 Å². The van der Waals surface area contributed by atoms with Gasteiger partial charge in [-0.1, -0.05) is 13.3 Å². The normalized spacial score (nSPS) is 24.6. The molecular weight excluding hydrogens is 266 g/mol. The van der Waals surface area contributed by atoms with Crippen molar-refractivity contribution in [2.75, 3.05) is 13.1 Å². The lowest BCUT2D eigenvalue weighted by Crippen LogP contribution is -2.56.